The van der Waals surface area contributed by atoms with Crippen LogP contribution in [0.3, 0.4) is 0 Å². The molecule has 0 saturated heterocycles. The van der Waals surface area contributed by atoms with Gasteiger partial charge in [0.15, 0.2) is 0 Å². The third-order valence-electron chi connectivity index (χ3n) is 6.13. The van der Waals surface area contributed by atoms with Gasteiger partial charge in [0.1, 0.15) is 18.0 Å². The summed E-state index contributed by atoms with van der Waals surface area (Å²) in [6.07, 6.45) is 8.53. The SMILES string of the molecule is CCc1ccc(C2=CCC(OC)(c3ccc(OCCN(CC)CC)cc3)C=C2)cc1. The first-order valence-corrected chi connectivity index (χ1v) is 11.1. The van der Waals surface area contributed by atoms with E-state index in [0.717, 1.165) is 43.8 Å². The van der Waals surface area contributed by atoms with Crippen LogP contribution in [0.25, 0.3) is 5.57 Å². The van der Waals surface area contributed by atoms with Crippen LogP contribution in [-0.4, -0.2) is 38.3 Å². The molecule has 0 saturated carbocycles. The molecule has 3 nitrogen and oxygen atoms in total. The highest BCUT2D eigenvalue weighted by Crippen LogP contribution is 2.37. The lowest BCUT2D eigenvalue weighted by Gasteiger charge is -2.32. The molecule has 0 fully saturated rings. The van der Waals surface area contributed by atoms with Gasteiger partial charge in [0, 0.05) is 20.1 Å². The second-order valence-electron chi connectivity index (χ2n) is 7.74. The van der Waals surface area contributed by atoms with Gasteiger partial charge in [0.05, 0.1) is 0 Å². The highest BCUT2D eigenvalue weighted by Gasteiger charge is 2.30. The molecule has 30 heavy (non-hydrogen) atoms. The number of methoxy groups -OCH3 is 1. The van der Waals surface area contributed by atoms with E-state index < -0.39 is 5.60 Å². The zero-order valence-electron chi connectivity index (χ0n) is 18.9. The maximum Gasteiger partial charge on any atom is 0.119 e. The summed E-state index contributed by atoms with van der Waals surface area (Å²) in [4.78, 5) is 2.36. The van der Waals surface area contributed by atoms with Crippen LogP contribution < -0.4 is 4.74 Å². The van der Waals surface area contributed by atoms with E-state index in [9.17, 15) is 0 Å². The monoisotopic (exact) mass is 405 g/mol. The van der Waals surface area contributed by atoms with Gasteiger partial charge in [0.25, 0.3) is 0 Å². The number of allylic oxidation sites excluding steroid dienone is 2. The van der Waals surface area contributed by atoms with Gasteiger partial charge < -0.3 is 14.4 Å². The van der Waals surface area contributed by atoms with Crippen molar-refractivity contribution in [3.63, 3.8) is 0 Å². The molecule has 2 aromatic carbocycles. The summed E-state index contributed by atoms with van der Waals surface area (Å²) < 4.78 is 11.9. The molecule has 0 heterocycles. The number of ether oxygens (including phenoxy) is 2. The molecule has 0 aromatic heterocycles. The molecule has 2 aromatic rings. The van der Waals surface area contributed by atoms with E-state index in [1.165, 1.54) is 16.7 Å². The zero-order valence-corrected chi connectivity index (χ0v) is 18.9. The summed E-state index contributed by atoms with van der Waals surface area (Å²) in [7, 11) is 1.79. The lowest BCUT2D eigenvalue weighted by molar-refractivity contribution is 0.0309. The van der Waals surface area contributed by atoms with Crippen molar-refractivity contribution < 1.29 is 9.47 Å². The number of nitrogens with zero attached hydrogens (tertiary/aromatic N) is 1. The van der Waals surface area contributed by atoms with Crippen molar-refractivity contribution in [3.05, 3.63) is 83.4 Å². The fourth-order valence-electron chi connectivity index (χ4n) is 3.92. The van der Waals surface area contributed by atoms with E-state index in [-0.39, 0.29) is 0 Å². The molecule has 1 atom stereocenters. The topological polar surface area (TPSA) is 21.7 Å². The van der Waals surface area contributed by atoms with Gasteiger partial charge in [-0.2, -0.15) is 0 Å². The number of hydrogen-bond donors (Lipinski definition) is 0. The molecule has 3 heteroatoms. The first-order chi connectivity index (χ1) is 14.6. The van der Waals surface area contributed by atoms with E-state index in [0.29, 0.717) is 6.61 Å². The summed E-state index contributed by atoms with van der Waals surface area (Å²) >= 11 is 0. The number of rotatable bonds is 10. The Morgan fingerprint density at radius 3 is 2.17 bits per heavy atom. The largest absolute Gasteiger partial charge is 0.492 e. The molecule has 1 aliphatic carbocycles. The van der Waals surface area contributed by atoms with Gasteiger partial charge in [0.2, 0.25) is 0 Å². The van der Waals surface area contributed by atoms with E-state index in [1.54, 1.807) is 7.11 Å². The number of benzene rings is 2. The standard InChI is InChI=1S/C27H35NO2/c1-5-22-8-10-23(11-9-22)24-16-18-27(29-4,19-17-24)25-12-14-26(15-13-25)30-21-20-28(6-2)7-3/h8-18H,5-7,19-21H2,1-4H3. The quantitative estimate of drug-likeness (QED) is 0.494. The van der Waals surface area contributed by atoms with Crippen LogP contribution in [-0.2, 0) is 16.8 Å². The van der Waals surface area contributed by atoms with E-state index >= 15 is 0 Å². The van der Waals surface area contributed by atoms with Crippen molar-refractivity contribution in [2.75, 3.05) is 33.4 Å². The minimum absolute atomic E-state index is 0.424. The molecule has 0 bridgehead atoms. The van der Waals surface area contributed by atoms with Gasteiger partial charge in [-0.05, 0) is 60.0 Å². The van der Waals surface area contributed by atoms with E-state index in [2.05, 4.69) is 92.4 Å². The fourth-order valence-corrected chi connectivity index (χ4v) is 3.92. The molecular weight excluding hydrogens is 370 g/mol. The maximum atomic E-state index is 5.99. The molecule has 1 aliphatic rings. The van der Waals surface area contributed by atoms with Gasteiger partial charge in [-0.15, -0.1) is 0 Å². The number of likely N-dealkylation sites (N-methyl/N-ethyl adjacent to an activating group) is 1. The molecule has 0 amide bonds. The fraction of sp³-hybridized carbons (Fsp3) is 0.407. The summed E-state index contributed by atoms with van der Waals surface area (Å²) in [6, 6.07) is 17.2. The van der Waals surface area contributed by atoms with Crippen molar-refractivity contribution in [1.29, 1.82) is 0 Å². The van der Waals surface area contributed by atoms with Crippen LogP contribution in [0.15, 0.2) is 66.8 Å². The predicted octanol–water partition coefficient (Wildman–Crippen LogP) is 5.85. The third-order valence-corrected chi connectivity index (χ3v) is 6.13. The molecule has 1 unspecified atom stereocenters. The molecule has 0 spiro atoms. The average Bonchev–Trinajstić information content (AvgIpc) is 2.82. The van der Waals surface area contributed by atoms with Crippen LogP contribution >= 0.6 is 0 Å². The minimum atomic E-state index is -0.424. The summed E-state index contributed by atoms with van der Waals surface area (Å²) in [6.45, 7) is 10.3. The Labute approximate surface area is 182 Å². The second-order valence-corrected chi connectivity index (χ2v) is 7.74. The highest BCUT2D eigenvalue weighted by atomic mass is 16.5. The Balaban J connectivity index is 1.65. The first-order valence-electron chi connectivity index (χ1n) is 11.1. The van der Waals surface area contributed by atoms with Gasteiger partial charge in [-0.25, -0.2) is 0 Å². The summed E-state index contributed by atoms with van der Waals surface area (Å²) in [5, 5.41) is 0. The normalized spacial score (nSPS) is 18.5. The molecule has 3 rings (SSSR count). The maximum absolute atomic E-state index is 5.99. The molecular formula is C27H35NO2. The van der Waals surface area contributed by atoms with Crippen molar-refractivity contribution in [2.45, 2.75) is 39.2 Å². The highest BCUT2D eigenvalue weighted by molar-refractivity contribution is 5.75. The zero-order chi connectivity index (χ0) is 21.4. The van der Waals surface area contributed by atoms with E-state index in [1.807, 2.05) is 0 Å². The predicted molar refractivity (Wildman–Crippen MR) is 126 cm³/mol. The average molecular weight is 406 g/mol. The summed E-state index contributed by atoms with van der Waals surface area (Å²) in [5.74, 6) is 0.907. The first kappa shape index (κ1) is 22.3. The summed E-state index contributed by atoms with van der Waals surface area (Å²) in [5.41, 5.74) is 4.60. The van der Waals surface area contributed by atoms with Gasteiger partial charge in [-0.1, -0.05) is 69.3 Å². The Morgan fingerprint density at radius 2 is 1.63 bits per heavy atom. The molecule has 0 radical (unpaired) electrons. The van der Waals surface area contributed by atoms with E-state index in [4.69, 9.17) is 9.47 Å². The van der Waals surface area contributed by atoms with Crippen LogP contribution in [0.5, 0.6) is 5.75 Å². The Kier molecular flexibility index (Phi) is 7.89. The Bertz CT molecular complexity index is 847. The van der Waals surface area contributed by atoms with Crippen molar-refractivity contribution in [3.8, 4) is 5.75 Å². The number of hydrogen-bond acceptors (Lipinski definition) is 3. The lowest BCUT2D eigenvalue weighted by atomic mass is 9.84. The molecule has 0 aliphatic heterocycles. The van der Waals surface area contributed by atoms with Crippen molar-refractivity contribution >= 4 is 5.57 Å². The van der Waals surface area contributed by atoms with Crippen molar-refractivity contribution in [2.24, 2.45) is 0 Å². The molecule has 160 valence electrons. The lowest BCUT2D eigenvalue weighted by Crippen LogP contribution is -2.28. The number of aryl methyl sites for hydroxylation is 1. The minimum Gasteiger partial charge on any atom is -0.492 e. The second kappa shape index (κ2) is 10.6. The van der Waals surface area contributed by atoms with Crippen LogP contribution in [0.4, 0.5) is 0 Å². The van der Waals surface area contributed by atoms with Gasteiger partial charge >= 0.3 is 0 Å². The third kappa shape index (κ3) is 5.21. The van der Waals surface area contributed by atoms with Gasteiger partial charge in [-0.3, -0.25) is 0 Å². The van der Waals surface area contributed by atoms with Crippen LogP contribution in [0.1, 0.15) is 43.9 Å². The smallest absolute Gasteiger partial charge is 0.119 e. The molecule has 0 N–H and O–H groups in total. The van der Waals surface area contributed by atoms with Crippen molar-refractivity contribution in [1.82, 2.24) is 4.90 Å². The Morgan fingerprint density at radius 1 is 0.933 bits per heavy atom. The van der Waals surface area contributed by atoms with Crippen LogP contribution in [0, 0.1) is 0 Å². The Hall–Kier alpha value is -2.36. The van der Waals surface area contributed by atoms with Crippen LogP contribution in [0.2, 0.25) is 0 Å².